The van der Waals surface area contributed by atoms with E-state index in [9.17, 15) is 4.79 Å². The van der Waals surface area contributed by atoms with E-state index < -0.39 is 6.04 Å². The third-order valence-corrected chi connectivity index (χ3v) is 3.23. The molecule has 0 saturated carbocycles. The van der Waals surface area contributed by atoms with Gasteiger partial charge in [0.05, 0.1) is 6.54 Å². The Kier molecular flexibility index (Phi) is 4.08. The molecule has 8 nitrogen and oxygen atoms in total. The molecule has 0 fully saturated rings. The van der Waals surface area contributed by atoms with Crippen molar-refractivity contribution >= 4 is 5.91 Å². The summed E-state index contributed by atoms with van der Waals surface area (Å²) in [6, 6.07) is 4.95. The Morgan fingerprint density at radius 2 is 2.32 bits per heavy atom. The van der Waals surface area contributed by atoms with Gasteiger partial charge in [-0.05, 0) is 19.1 Å². The van der Waals surface area contributed by atoms with Crippen molar-refractivity contribution in [3.05, 3.63) is 30.9 Å². The number of ether oxygens (including phenoxy) is 3. The second-order valence-corrected chi connectivity index (χ2v) is 4.71. The van der Waals surface area contributed by atoms with Gasteiger partial charge < -0.3 is 19.5 Å². The van der Waals surface area contributed by atoms with Crippen LogP contribution in [0.3, 0.4) is 0 Å². The van der Waals surface area contributed by atoms with Gasteiger partial charge >= 0.3 is 0 Å². The molecule has 1 aliphatic rings. The number of hydrogen-bond acceptors (Lipinski definition) is 6. The van der Waals surface area contributed by atoms with Crippen molar-refractivity contribution in [3.8, 4) is 17.2 Å². The number of rotatable bonds is 6. The molecule has 0 spiro atoms. The summed E-state index contributed by atoms with van der Waals surface area (Å²) in [5, 5.41) is 6.72. The Hall–Kier alpha value is -2.77. The van der Waals surface area contributed by atoms with E-state index in [0.717, 1.165) is 0 Å². The molecule has 1 N–H and O–H groups in total. The van der Waals surface area contributed by atoms with Gasteiger partial charge in [0.2, 0.25) is 12.7 Å². The minimum Gasteiger partial charge on any atom is -0.492 e. The van der Waals surface area contributed by atoms with Gasteiger partial charge in [-0.25, -0.2) is 9.67 Å². The summed E-state index contributed by atoms with van der Waals surface area (Å²) in [7, 11) is 0. The van der Waals surface area contributed by atoms with Gasteiger partial charge in [0.15, 0.2) is 11.5 Å². The van der Waals surface area contributed by atoms with Crippen molar-refractivity contribution < 1.29 is 19.0 Å². The summed E-state index contributed by atoms with van der Waals surface area (Å²) in [5.41, 5.74) is 0. The van der Waals surface area contributed by atoms with E-state index in [1.807, 2.05) is 0 Å². The highest BCUT2D eigenvalue weighted by molar-refractivity contribution is 5.79. The van der Waals surface area contributed by atoms with E-state index in [0.29, 0.717) is 30.4 Å². The van der Waals surface area contributed by atoms with Crippen LogP contribution >= 0.6 is 0 Å². The largest absolute Gasteiger partial charge is 0.492 e. The molecule has 2 heterocycles. The lowest BCUT2D eigenvalue weighted by Crippen LogP contribution is -2.34. The minimum atomic E-state index is -0.409. The normalized spacial score (nSPS) is 13.7. The Labute approximate surface area is 127 Å². The predicted octanol–water partition coefficient (Wildman–Crippen LogP) is 0.763. The van der Waals surface area contributed by atoms with Gasteiger partial charge in [0, 0.05) is 6.07 Å². The van der Waals surface area contributed by atoms with Crippen molar-refractivity contribution in [3.63, 3.8) is 0 Å². The van der Waals surface area contributed by atoms with E-state index in [1.165, 1.54) is 17.3 Å². The van der Waals surface area contributed by atoms with Gasteiger partial charge in [-0.2, -0.15) is 5.10 Å². The van der Waals surface area contributed by atoms with Crippen LogP contribution in [0.25, 0.3) is 0 Å². The van der Waals surface area contributed by atoms with E-state index in [2.05, 4.69) is 15.4 Å². The number of fused-ring (bicyclic) bond motifs is 1. The summed E-state index contributed by atoms with van der Waals surface area (Å²) in [4.78, 5) is 15.7. The molecule has 1 unspecified atom stereocenters. The molecule has 0 bridgehead atoms. The number of carbonyl (C=O) groups excluding carboxylic acids is 1. The molecule has 116 valence electrons. The first kappa shape index (κ1) is 14.2. The molecular weight excluding hydrogens is 288 g/mol. The maximum Gasteiger partial charge on any atom is 0.244 e. The molecule has 8 heteroatoms. The fourth-order valence-electron chi connectivity index (χ4n) is 1.99. The minimum absolute atomic E-state index is 0.139. The predicted molar refractivity (Wildman–Crippen MR) is 75.8 cm³/mol. The van der Waals surface area contributed by atoms with Crippen LogP contribution < -0.4 is 19.5 Å². The van der Waals surface area contributed by atoms with Crippen LogP contribution in [-0.4, -0.2) is 40.6 Å². The van der Waals surface area contributed by atoms with Crippen molar-refractivity contribution in [2.45, 2.75) is 13.0 Å². The van der Waals surface area contributed by atoms with Gasteiger partial charge in [-0.1, -0.05) is 0 Å². The Morgan fingerprint density at radius 3 is 3.14 bits per heavy atom. The second kappa shape index (κ2) is 6.33. The Morgan fingerprint density at radius 1 is 1.45 bits per heavy atom. The average molecular weight is 304 g/mol. The van der Waals surface area contributed by atoms with Crippen LogP contribution in [0.4, 0.5) is 0 Å². The van der Waals surface area contributed by atoms with Crippen LogP contribution in [0.5, 0.6) is 17.2 Å². The highest BCUT2D eigenvalue weighted by Gasteiger charge is 2.15. The SMILES string of the molecule is CC(C(=O)NCCOc1ccc2c(c1)OCO2)n1cncn1. The molecule has 1 amide bonds. The number of nitrogens with zero attached hydrogens (tertiary/aromatic N) is 3. The van der Waals surface area contributed by atoms with Crippen LogP contribution in [0.1, 0.15) is 13.0 Å². The highest BCUT2D eigenvalue weighted by atomic mass is 16.7. The number of nitrogens with one attached hydrogen (secondary N) is 1. The maximum atomic E-state index is 11.9. The summed E-state index contributed by atoms with van der Waals surface area (Å²) in [5.74, 6) is 1.91. The molecule has 1 aliphatic heterocycles. The first-order valence-electron chi connectivity index (χ1n) is 6.88. The maximum absolute atomic E-state index is 11.9. The fourth-order valence-corrected chi connectivity index (χ4v) is 1.99. The average Bonchev–Trinajstić information content (AvgIpc) is 3.20. The molecule has 22 heavy (non-hydrogen) atoms. The molecule has 0 radical (unpaired) electrons. The quantitative estimate of drug-likeness (QED) is 0.793. The van der Waals surface area contributed by atoms with Crippen LogP contribution in [-0.2, 0) is 4.79 Å². The van der Waals surface area contributed by atoms with Crippen LogP contribution in [0.15, 0.2) is 30.9 Å². The van der Waals surface area contributed by atoms with E-state index >= 15 is 0 Å². The first-order chi connectivity index (χ1) is 10.7. The first-order valence-corrected chi connectivity index (χ1v) is 6.88. The van der Waals surface area contributed by atoms with Crippen molar-refractivity contribution in [2.75, 3.05) is 19.9 Å². The topological polar surface area (TPSA) is 87.5 Å². The summed E-state index contributed by atoms with van der Waals surface area (Å²) >= 11 is 0. The number of aromatic nitrogens is 3. The standard InChI is InChI=1S/C14H16N4O4/c1-10(18-8-15-7-17-18)14(19)16-4-5-20-11-2-3-12-13(6-11)22-9-21-12/h2-3,6-8,10H,4-5,9H2,1H3,(H,16,19). The molecule has 1 aromatic heterocycles. The third kappa shape index (κ3) is 3.11. The van der Waals surface area contributed by atoms with Crippen molar-refractivity contribution in [1.29, 1.82) is 0 Å². The summed E-state index contributed by atoms with van der Waals surface area (Å²) in [6.45, 7) is 2.74. The molecular formula is C14H16N4O4. The summed E-state index contributed by atoms with van der Waals surface area (Å²) < 4.78 is 17.6. The smallest absolute Gasteiger partial charge is 0.244 e. The van der Waals surface area contributed by atoms with E-state index in [4.69, 9.17) is 14.2 Å². The summed E-state index contributed by atoms with van der Waals surface area (Å²) in [6.07, 6.45) is 2.90. The van der Waals surface area contributed by atoms with Crippen molar-refractivity contribution in [2.24, 2.45) is 0 Å². The van der Waals surface area contributed by atoms with Crippen LogP contribution in [0.2, 0.25) is 0 Å². The molecule has 3 rings (SSSR count). The monoisotopic (exact) mass is 304 g/mol. The zero-order valence-electron chi connectivity index (χ0n) is 12.1. The number of amides is 1. The lowest BCUT2D eigenvalue weighted by molar-refractivity contribution is -0.124. The molecule has 1 aromatic carbocycles. The zero-order chi connectivity index (χ0) is 15.4. The number of hydrogen-bond donors (Lipinski definition) is 1. The van der Waals surface area contributed by atoms with Gasteiger partial charge in [0.1, 0.15) is 31.1 Å². The van der Waals surface area contributed by atoms with Gasteiger partial charge in [-0.3, -0.25) is 4.79 Å². The van der Waals surface area contributed by atoms with E-state index in [1.54, 1.807) is 25.1 Å². The second-order valence-electron chi connectivity index (χ2n) is 4.71. The van der Waals surface area contributed by atoms with Gasteiger partial charge in [0.25, 0.3) is 0 Å². The van der Waals surface area contributed by atoms with Crippen molar-refractivity contribution in [1.82, 2.24) is 20.1 Å². The lowest BCUT2D eigenvalue weighted by Gasteiger charge is -2.12. The zero-order valence-corrected chi connectivity index (χ0v) is 12.1. The van der Waals surface area contributed by atoms with E-state index in [-0.39, 0.29) is 12.7 Å². The number of benzene rings is 1. The fraction of sp³-hybridized carbons (Fsp3) is 0.357. The molecule has 2 aromatic rings. The highest BCUT2D eigenvalue weighted by Crippen LogP contribution is 2.34. The Balaban J connectivity index is 1.43. The third-order valence-electron chi connectivity index (χ3n) is 3.23. The molecule has 1 atom stereocenters. The lowest BCUT2D eigenvalue weighted by atomic mass is 10.3. The molecule has 0 aliphatic carbocycles. The Bertz CT molecular complexity index is 644. The van der Waals surface area contributed by atoms with Crippen LogP contribution in [0, 0.1) is 0 Å². The van der Waals surface area contributed by atoms with Gasteiger partial charge in [-0.15, -0.1) is 0 Å². The number of carbonyl (C=O) groups is 1. The molecule has 0 saturated heterocycles.